The summed E-state index contributed by atoms with van der Waals surface area (Å²) in [5, 5.41) is 1.78. The normalized spacial score (nSPS) is 11.8. The third kappa shape index (κ3) is 1.93. The molecule has 0 radical (unpaired) electrons. The number of benzene rings is 2. The zero-order chi connectivity index (χ0) is 17.1. The Bertz CT molecular complexity index is 1450. The van der Waals surface area contributed by atoms with Crippen LogP contribution >= 0.6 is 11.3 Å². The second kappa shape index (κ2) is 4.99. The van der Waals surface area contributed by atoms with E-state index in [1.165, 1.54) is 12.7 Å². The maximum atomic E-state index is 5.38. The van der Waals surface area contributed by atoms with Gasteiger partial charge in [-0.1, -0.05) is 0 Å². The molecular weight excluding hydrogens is 348 g/mol. The minimum atomic E-state index is 0.540. The molecule has 26 heavy (non-hydrogen) atoms. The number of thiazole rings is 1. The SMILES string of the molecule is c1nc(-c2ncc3cc4ncoc4cc3n2)c2cc3ncsc3cc2n1. The second-order valence-corrected chi connectivity index (χ2v) is 6.72. The zero-order valence-electron chi connectivity index (χ0n) is 13.1. The van der Waals surface area contributed by atoms with Gasteiger partial charge in [-0.3, -0.25) is 0 Å². The van der Waals surface area contributed by atoms with E-state index in [9.17, 15) is 0 Å². The molecule has 0 spiro atoms. The van der Waals surface area contributed by atoms with E-state index in [0.717, 1.165) is 37.5 Å². The first-order chi connectivity index (χ1) is 12.8. The van der Waals surface area contributed by atoms with Gasteiger partial charge in [-0.2, -0.15) is 0 Å². The van der Waals surface area contributed by atoms with Gasteiger partial charge in [0.15, 0.2) is 17.8 Å². The van der Waals surface area contributed by atoms with Gasteiger partial charge in [-0.05, 0) is 18.2 Å². The fourth-order valence-corrected chi connectivity index (χ4v) is 3.77. The smallest absolute Gasteiger partial charge is 0.181 e. The van der Waals surface area contributed by atoms with Gasteiger partial charge in [-0.25, -0.2) is 29.9 Å². The minimum Gasteiger partial charge on any atom is -0.443 e. The van der Waals surface area contributed by atoms with Crippen LogP contribution in [0.5, 0.6) is 0 Å². The van der Waals surface area contributed by atoms with Crippen molar-refractivity contribution in [2.45, 2.75) is 0 Å². The van der Waals surface area contributed by atoms with Crippen LogP contribution in [0.2, 0.25) is 0 Å². The Balaban J connectivity index is 1.64. The highest BCUT2D eigenvalue weighted by Crippen LogP contribution is 2.29. The molecule has 2 aromatic carbocycles. The highest BCUT2D eigenvalue weighted by Gasteiger charge is 2.13. The van der Waals surface area contributed by atoms with Crippen LogP contribution in [0.15, 0.2) is 53.1 Å². The summed E-state index contributed by atoms with van der Waals surface area (Å²) in [5.41, 5.74) is 6.53. The van der Waals surface area contributed by atoms with Crippen molar-refractivity contribution in [2.75, 3.05) is 0 Å². The molecule has 6 aromatic rings. The Morgan fingerprint density at radius 2 is 1.81 bits per heavy atom. The molecule has 7 nitrogen and oxygen atoms in total. The molecule has 0 saturated carbocycles. The lowest BCUT2D eigenvalue weighted by molar-refractivity contribution is 0.602. The number of nitrogens with zero attached hydrogens (tertiary/aromatic N) is 6. The summed E-state index contributed by atoms with van der Waals surface area (Å²) in [6.07, 6.45) is 4.74. The second-order valence-electron chi connectivity index (χ2n) is 5.84. The van der Waals surface area contributed by atoms with Crippen LogP contribution in [-0.2, 0) is 0 Å². The minimum absolute atomic E-state index is 0.540. The summed E-state index contributed by atoms with van der Waals surface area (Å²) in [6.45, 7) is 0. The molecule has 6 rings (SSSR count). The van der Waals surface area contributed by atoms with E-state index >= 15 is 0 Å². The molecule has 4 heterocycles. The number of oxazole rings is 1. The molecule has 0 aliphatic carbocycles. The van der Waals surface area contributed by atoms with Crippen LogP contribution in [0.25, 0.3) is 54.6 Å². The van der Waals surface area contributed by atoms with E-state index in [2.05, 4.69) is 29.9 Å². The fraction of sp³-hybridized carbons (Fsp3) is 0. The summed E-state index contributed by atoms with van der Waals surface area (Å²) in [5.74, 6) is 0.540. The Labute approximate surface area is 149 Å². The van der Waals surface area contributed by atoms with Gasteiger partial charge in [0.1, 0.15) is 17.5 Å². The summed E-state index contributed by atoms with van der Waals surface area (Å²) in [7, 11) is 0. The lowest BCUT2D eigenvalue weighted by atomic mass is 10.1. The monoisotopic (exact) mass is 356 g/mol. The molecule has 0 amide bonds. The van der Waals surface area contributed by atoms with Gasteiger partial charge in [0.2, 0.25) is 0 Å². The van der Waals surface area contributed by atoms with Crippen molar-refractivity contribution in [3.63, 3.8) is 0 Å². The third-order valence-corrected chi connectivity index (χ3v) is 5.12. The van der Waals surface area contributed by atoms with E-state index < -0.39 is 0 Å². The van der Waals surface area contributed by atoms with Gasteiger partial charge in [0.05, 0.1) is 26.8 Å². The van der Waals surface area contributed by atoms with Gasteiger partial charge in [0, 0.05) is 23.0 Å². The number of aromatic nitrogens is 6. The van der Waals surface area contributed by atoms with Crippen molar-refractivity contribution in [3.8, 4) is 11.5 Å². The Hall–Kier alpha value is -3.52. The lowest BCUT2D eigenvalue weighted by Gasteiger charge is -2.05. The average molecular weight is 356 g/mol. The molecule has 8 heteroatoms. The molecule has 0 bridgehead atoms. The van der Waals surface area contributed by atoms with E-state index in [0.29, 0.717) is 17.1 Å². The largest absolute Gasteiger partial charge is 0.443 e. The summed E-state index contributed by atoms with van der Waals surface area (Å²) < 4.78 is 6.47. The maximum absolute atomic E-state index is 5.38. The van der Waals surface area contributed by atoms with E-state index in [1.54, 1.807) is 17.5 Å². The number of hydrogen-bond acceptors (Lipinski definition) is 8. The maximum Gasteiger partial charge on any atom is 0.181 e. The predicted octanol–water partition coefficient (Wildman–Crippen LogP) is 3.99. The first-order valence-corrected chi connectivity index (χ1v) is 8.71. The molecule has 0 unspecified atom stereocenters. The standard InChI is InChI=1S/C18H8N6OS/c1-9-5-19-18(24-11(9)3-15-13(1)22-7-25-15)17-10-2-14-16(26-8-23-14)4-12(10)20-6-21-17/h1-8H. The zero-order valence-corrected chi connectivity index (χ0v) is 13.9. The molecule has 122 valence electrons. The van der Waals surface area contributed by atoms with E-state index in [-0.39, 0.29) is 0 Å². The highest BCUT2D eigenvalue weighted by atomic mass is 32.1. The van der Waals surface area contributed by atoms with Crippen LogP contribution in [0.1, 0.15) is 0 Å². The van der Waals surface area contributed by atoms with Crippen LogP contribution in [0, 0.1) is 0 Å². The van der Waals surface area contributed by atoms with Crippen molar-refractivity contribution in [3.05, 3.63) is 48.7 Å². The first-order valence-electron chi connectivity index (χ1n) is 7.83. The van der Waals surface area contributed by atoms with Crippen LogP contribution in [-0.4, -0.2) is 29.9 Å². The number of hydrogen-bond donors (Lipinski definition) is 0. The van der Waals surface area contributed by atoms with Crippen molar-refractivity contribution in [1.82, 2.24) is 29.9 Å². The van der Waals surface area contributed by atoms with Crippen LogP contribution in [0.3, 0.4) is 0 Å². The molecule has 0 fully saturated rings. The third-order valence-electron chi connectivity index (χ3n) is 4.33. The number of rotatable bonds is 1. The van der Waals surface area contributed by atoms with Crippen LogP contribution in [0.4, 0.5) is 0 Å². The van der Waals surface area contributed by atoms with Gasteiger partial charge in [-0.15, -0.1) is 11.3 Å². The molecular formula is C18H8N6OS. The number of fused-ring (bicyclic) bond motifs is 4. The Kier molecular flexibility index (Phi) is 2.64. The summed E-state index contributed by atoms with van der Waals surface area (Å²) >= 11 is 1.59. The van der Waals surface area contributed by atoms with E-state index in [4.69, 9.17) is 4.42 Å². The van der Waals surface area contributed by atoms with Crippen molar-refractivity contribution in [1.29, 1.82) is 0 Å². The van der Waals surface area contributed by atoms with Gasteiger partial charge < -0.3 is 4.42 Å². The van der Waals surface area contributed by atoms with Crippen molar-refractivity contribution in [2.24, 2.45) is 0 Å². The average Bonchev–Trinajstić information content (AvgIpc) is 3.31. The summed E-state index contributed by atoms with van der Waals surface area (Å²) in [6, 6.07) is 7.79. The molecule has 0 saturated heterocycles. The predicted molar refractivity (Wildman–Crippen MR) is 98.8 cm³/mol. The van der Waals surface area contributed by atoms with Gasteiger partial charge >= 0.3 is 0 Å². The molecule has 0 atom stereocenters. The summed E-state index contributed by atoms with van der Waals surface area (Å²) in [4.78, 5) is 26.6. The fourth-order valence-electron chi connectivity index (χ4n) is 3.08. The molecule has 0 N–H and O–H groups in total. The Morgan fingerprint density at radius 1 is 0.808 bits per heavy atom. The Morgan fingerprint density at radius 3 is 2.81 bits per heavy atom. The first kappa shape index (κ1) is 13.7. The highest BCUT2D eigenvalue weighted by molar-refractivity contribution is 7.16. The molecule has 0 aliphatic rings. The van der Waals surface area contributed by atoms with Gasteiger partial charge in [0.25, 0.3) is 0 Å². The quantitative estimate of drug-likeness (QED) is 0.440. The molecule has 0 aliphatic heterocycles. The van der Waals surface area contributed by atoms with Crippen molar-refractivity contribution < 1.29 is 4.42 Å². The molecule has 4 aromatic heterocycles. The van der Waals surface area contributed by atoms with E-state index in [1.807, 2.05) is 29.8 Å². The van der Waals surface area contributed by atoms with Crippen molar-refractivity contribution >= 4 is 54.5 Å². The topological polar surface area (TPSA) is 90.5 Å². The van der Waals surface area contributed by atoms with Crippen LogP contribution < -0.4 is 0 Å². The lowest BCUT2D eigenvalue weighted by Crippen LogP contribution is -1.95.